The number of nitrogens with one attached hydrogen (secondary N) is 1. The summed E-state index contributed by atoms with van der Waals surface area (Å²) in [7, 11) is 0. The van der Waals surface area contributed by atoms with Gasteiger partial charge in [-0.05, 0) is 41.8 Å². The van der Waals surface area contributed by atoms with Crippen molar-refractivity contribution in [3.8, 4) is 11.1 Å². The highest BCUT2D eigenvalue weighted by atomic mass is 19.1. The summed E-state index contributed by atoms with van der Waals surface area (Å²) in [6.07, 6.45) is 4.78. The van der Waals surface area contributed by atoms with Crippen LogP contribution >= 0.6 is 0 Å². The van der Waals surface area contributed by atoms with E-state index in [1.807, 2.05) is 43.3 Å². The largest absolute Gasteiger partial charge is 0.346 e. The van der Waals surface area contributed by atoms with Crippen LogP contribution in [0, 0.1) is 5.95 Å². The first-order chi connectivity index (χ1) is 11.6. The number of nitrogens with zero attached hydrogens (tertiary/aromatic N) is 2. The first kappa shape index (κ1) is 15.8. The Kier molecular flexibility index (Phi) is 4.61. The lowest BCUT2D eigenvalue weighted by molar-refractivity contribution is 0.0939. The van der Waals surface area contributed by atoms with Gasteiger partial charge in [0.05, 0.1) is 6.04 Å². The van der Waals surface area contributed by atoms with E-state index in [9.17, 15) is 9.18 Å². The highest BCUT2D eigenvalue weighted by Crippen LogP contribution is 2.21. The summed E-state index contributed by atoms with van der Waals surface area (Å²) in [6, 6.07) is 14.2. The number of aromatic nitrogens is 2. The van der Waals surface area contributed by atoms with Crippen LogP contribution in [-0.2, 0) is 0 Å². The van der Waals surface area contributed by atoms with E-state index >= 15 is 0 Å². The summed E-state index contributed by atoms with van der Waals surface area (Å²) in [4.78, 5) is 19.6. The molecule has 1 atom stereocenters. The van der Waals surface area contributed by atoms with Crippen LogP contribution in [0.25, 0.3) is 11.1 Å². The molecule has 2 aromatic heterocycles. The number of carbonyl (C=O) groups is 1. The Morgan fingerprint density at radius 3 is 2.33 bits per heavy atom. The van der Waals surface area contributed by atoms with E-state index in [0.29, 0.717) is 0 Å². The molecule has 0 spiro atoms. The quantitative estimate of drug-likeness (QED) is 0.744. The van der Waals surface area contributed by atoms with Gasteiger partial charge in [-0.25, -0.2) is 4.98 Å². The second-order valence-corrected chi connectivity index (χ2v) is 5.42. The maximum absolute atomic E-state index is 13.1. The van der Waals surface area contributed by atoms with Gasteiger partial charge in [0, 0.05) is 30.2 Å². The van der Waals surface area contributed by atoms with Crippen molar-refractivity contribution in [2.24, 2.45) is 0 Å². The summed E-state index contributed by atoms with van der Waals surface area (Å²) < 4.78 is 13.1. The van der Waals surface area contributed by atoms with Gasteiger partial charge < -0.3 is 5.32 Å². The van der Waals surface area contributed by atoms with Gasteiger partial charge in [-0.15, -0.1) is 0 Å². The van der Waals surface area contributed by atoms with E-state index in [1.54, 1.807) is 12.4 Å². The van der Waals surface area contributed by atoms with E-state index in [-0.39, 0.29) is 17.5 Å². The molecule has 0 aliphatic heterocycles. The molecule has 1 amide bonds. The van der Waals surface area contributed by atoms with Crippen LogP contribution in [0.5, 0.6) is 0 Å². The lowest BCUT2D eigenvalue weighted by atomic mass is 10.0. The monoisotopic (exact) mass is 321 g/mol. The van der Waals surface area contributed by atoms with Gasteiger partial charge in [-0.3, -0.25) is 9.78 Å². The third kappa shape index (κ3) is 3.63. The molecule has 2 heterocycles. The second kappa shape index (κ2) is 7.00. The summed E-state index contributed by atoms with van der Waals surface area (Å²) >= 11 is 0. The summed E-state index contributed by atoms with van der Waals surface area (Å²) in [6.45, 7) is 1.89. The molecule has 1 aromatic carbocycles. The van der Waals surface area contributed by atoms with Crippen LogP contribution in [0.3, 0.4) is 0 Å². The van der Waals surface area contributed by atoms with Crippen LogP contribution in [0.2, 0.25) is 0 Å². The van der Waals surface area contributed by atoms with Gasteiger partial charge in [0.1, 0.15) is 0 Å². The standard InChI is InChI=1S/C19H16FN3O/c1-13(23-19(24)17-8-11-22-18(20)12-17)14-2-4-15(5-3-14)16-6-9-21-10-7-16/h2-13H,1H3,(H,23,24). The van der Waals surface area contributed by atoms with Crippen molar-refractivity contribution in [2.75, 3.05) is 0 Å². The average molecular weight is 321 g/mol. The Bertz CT molecular complexity index is 835. The second-order valence-electron chi connectivity index (χ2n) is 5.42. The van der Waals surface area contributed by atoms with Crippen molar-refractivity contribution in [3.63, 3.8) is 0 Å². The molecule has 4 nitrogen and oxygen atoms in total. The Hall–Kier alpha value is -3.08. The van der Waals surface area contributed by atoms with E-state index in [0.717, 1.165) is 22.8 Å². The highest BCUT2D eigenvalue weighted by molar-refractivity contribution is 5.94. The molecule has 1 unspecified atom stereocenters. The number of carbonyl (C=O) groups excluding carboxylic acids is 1. The number of halogens is 1. The fraction of sp³-hybridized carbons (Fsp3) is 0.105. The van der Waals surface area contributed by atoms with E-state index in [2.05, 4.69) is 15.3 Å². The number of hydrogen-bond acceptors (Lipinski definition) is 3. The molecule has 0 radical (unpaired) electrons. The number of pyridine rings is 2. The van der Waals surface area contributed by atoms with Crippen LogP contribution in [0.1, 0.15) is 28.9 Å². The fourth-order valence-corrected chi connectivity index (χ4v) is 2.42. The zero-order chi connectivity index (χ0) is 16.9. The normalized spacial score (nSPS) is 11.8. The van der Waals surface area contributed by atoms with Crippen molar-refractivity contribution in [3.05, 3.63) is 84.2 Å². The van der Waals surface area contributed by atoms with Crippen molar-refractivity contribution in [1.29, 1.82) is 0 Å². The van der Waals surface area contributed by atoms with Gasteiger partial charge in [-0.1, -0.05) is 24.3 Å². The average Bonchev–Trinajstić information content (AvgIpc) is 2.62. The number of amides is 1. The minimum absolute atomic E-state index is 0.194. The molecule has 0 saturated carbocycles. The first-order valence-corrected chi connectivity index (χ1v) is 7.56. The first-order valence-electron chi connectivity index (χ1n) is 7.56. The third-order valence-corrected chi connectivity index (χ3v) is 3.76. The summed E-state index contributed by atoms with van der Waals surface area (Å²) in [5.74, 6) is -1.00. The van der Waals surface area contributed by atoms with E-state index < -0.39 is 5.95 Å². The lowest BCUT2D eigenvalue weighted by Gasteiger charge is -2.15. The molecule has 3 aromatic rings. The van der Waals surface area contributed by atoms with E-state index in [4.69, 9.17) is 0 Å². The van der Waals surface area contributed by atoms with Crippen molar-refractivity contribution in [1.82, 2.24) is 15.3 Å². The maximum atomic E-state index is 13.1. The molecule has 0 bridgehead atoms. The van der Waals surface area contributed by atoms with Crippen molar-refractivity contribution in [2.45, 2.75) is 13.0 Å². The number of hydrogen-bond donors (Lipinski definition) is 1. The molecule has 120 valence electrons. The van der Waals surface area contributed by atoms with Crippen LogP contribution in [0.15, 0.2) is 67.1 Å². The molecular formula is C19H16FN3O. The molecule has 5 heteroatoms. The topological polar surface area (TPSA) is 54.9 Å². The smallest absolute Gasteiger partial charge is 0.251 e. The molecule has 24 heavy (non-hydrogen) atoms. The van der Waals surface area contributed by atoms with E-state index in [1.165, 1.54) is 12.3 Å². The zero-order valence-electron chi connectivity index (χ0n) is 13.1. The maximum Gasteiger partial charge on any atom is 0.251 e. The third-order valence-electron chi connectivity index (χ3n) is 3.76. The molecule has 0 aliphatic carbocycles. The molecule has 0 aliphatic rings. The molecule has 0 fully saturated rings. The highest BCUT2D eigenvalue weighted by Gasteiger charge is 2.12. The Labute approximate surface area is 139 Å². The summed E-state index contributed by atoms with van der Waals surface area (Å²) in [5, 5.41) is 2.86. The van der Waals surface area contributed by atoms with Gasteiger partial charge in [0.2, 0.25) is 5.95 Å². The minimum atomic E-state index is -0.669. The lowest BCUT2D eigenvalue weighted by Crippen LogP contribution is -2.26. The Balaban J connectivity index is 1.71. The molecular weight excluding hydrogens is 305 g/mol. The molecule has 3 rings (SSSR count). The van der Waals surface area contributed by atoms with Gasteiger partial charge in [-0.2, -0.15) is 4.39 Å². The Morgan fingerprint density at radius 1 is 1.00 bits per heavy atom. The van der Waals surface area contributed by atoms with Crippen LogP contribution in [0.4, 0.5) is 4.39 Å². The predicted octanol–water partition coefficient (Wildman–Crippen LogP) is 3.77. The van der Waals surface area contributed by atoms with Crippen LogP contribution in [-0.4, -0.2) is 15.9 Å². The number of rotatable bonds is 4. The molecule has 1 N–H and O–H groups in total. The number of benzene rings is 1. The van der Waals surface area contributed by atoms with Crippen LogP contribution < -0.4 is 5.32 Å². The Morgan fingerprint density at radius 2 is 1.67 bits per heavy atom. The van der Waals surface area contributed by atoms with Gasteiger partial charge in [0.25, 0.3) is 5.91 Å². The zero-order valence-corrected chi connectivity index (χ0v) is 13.1. The minimum Gasteiger partial charge on any atom is -0.346 e. The predicted molar refractivity (Wildman–Crippen MR) is 89.7 cm³/mol. The summed E-state index contributed by atoms with van der Waals surface area (Å²) in [5.41, 5.74) is 3.38. The van der Waals surface area contributed by atoms with Crippen molar-refractivity contribution < 1.29 is 9.18 Å². The van der Waals surface area contributed by atoms with Gasteiger partial charge in [0.15, 0.2) is 0 Å². The van der Waals surface area contributed by atoms with Crippen molar-refractivity contribution >= 4 is 5.91 Å². The fourth-order valence-electron chi connectivity index (χ4n) is 2.42. The SMILES string of the molecule is CC(NC(=O)c1ccnc(F)c1)c1ccc(-c2ccncc2)cc1. The molecule has 0 saturated heterocycles. The van der Waals surface area contributed by atoms with Gasteiger partial charge >= 0.3 is 0 Å².